The number of hydrogen-bond donors (Lipinski definition) is 1. The summed E-state index contributed by atoms with van der Waals surface area (Å²) in [5, 5.41) is 11.3. The molecule has 0 radical (unpaired) electrons. The third kappa shape index (κ3) is 3.80. The highest BCUT2D eigenvalue weighted by atomic mass is 32.1. The second-order valence-electron chi connectivity index (χ2n) is 5.14. The van der Waals surface area contributed by atoms with Crippen LogP contribution >= 0.6 is 12.2 Å². The van der Waals surface area contributed by atoms with Gasteiger partial charge in [-0.15, -0.1) is 5.10 Å². The van der Waals surface area contributed by atoms with E-state index >= 15 is 0 Å². The van der Waals surface area contributed by atoms with E-state index in [0.717, 1.165) is 12.0 Å². The number of furan rings is 1. The molecule has 0 aliphatic carbocycles. The van der Waals surface area contributed by atoms with Crippen LogP contribution in [0.15, 0.2) is 46.1 Å². The molecule has 0 amide bonds. The molecular weight excluding hydrogens is 340 g/mol. The number of aromatic nitrogens is 3. The number of benzene rings is 1. The lowest BCUT2D eigenvalue weighted by Gasteiger charge is -2.10. The topological polar surface area (TPSA) is 77.6 Å². The Bertz CT molecular complexity index is 912. The number of H-pyrrole nitrogens is 1. The summed E-state index contributed by atoms with van der Waals surface area (Å²) >= 11 is 5.22. The van der Waals surface area contributed by atoms with Gasteiger partial charge in [0.2, 0.25) is 10.6 Å². The van der Waals surface area contributed by atoms with Crippen molar-refractivity contribution in [3.05, 3.63) is 46.9 Å². The van der Waals surface area contributed by atoms with Crippen LogP contribution in [0.3, 0.4) is 0 Å². The average molecular weight is 358 g/mol. The van der Waals surface area contributed by atoms with Crippen LogP contribution in [0.1, 0.15) is 18.9 Å². The number of nitrogens with one attached hydrogen (secondary N) is 1. The van der Waals surface area contributed by atoms with Crippen molar-refractivity contribution >= 4 is 18.4 Å². The maximum absolute atomic E-state index is 5.65. The Morgan fingerprint density at radius 2 is 2.24 bits per heavy atom. The molecule has 8 heteroatoms. The molecule has 0 saturated heterocycles. The summed E-state index contributed by atoms with van der Waals surface area (Å²) in [7, 11) is 1.61. The predicted molar refractivity (Wildman–Crippen MR) is 96.9 cm³/mol. The molecule has 2 heterocycles. The van der Waals surface area contributed by atoms with Crippen LogP contribution in [0.5, 0.6) is 11.5 Å². The van der Waals surface area contributed by atoms with Gasteiger partial charge < -0.3 is 13.9 Å². The fourth-order valence-electron chi connectivity index (χ4n) is 2.18. The Labute approximate surface area is 149 Å². The number of rotatable bonds is 7. The SMILES string of the molecule is CCCOc1ccc(/C=N\n2c(-c3ccco3)n[nH]c2=S)cc1OC. The minimum Gasteiger partial charge on any atom is -0.493 e. The Hall–Kier alpha value is -2.87. The van der Waals surface area contributed by atoms with Crippen molar-refractivity contribution in [1.29, 1.82) is 0 Å². The van der Waals surface area contributed by atoms with Crippen LogP contribution in [0.25, 0.3) is 11.6 Å². The first-order valence-electron chi connectivity index (χ1n) is 7.79. The fourth-order valence-corrected chi connectivity index (χ4v) is 2.36. The maximum atomic E-state index is 5.65. The van der Waals surface area contributed by atoms with Gasteiger partial charge in [0, 0.05) is 0 Å². The largest absolute Gasteiger partial charge is 0.493 e. The normalized spacial score (nSPS) is 11.1. The van der Waals surface area contributed by atoms with E-state index in [1.54, 1.807) is 31.7 Å². The molecular formula is C17H18N4O3S. The minimum absolute atomic E-state index is 0.373. The summed E-state index contributed by atoms with van der Waals surface area (Å²) < 4.78 is 18.3. The number of hydrogen-bond acceptors (Lipinski definition) is 6. The molecule has 2 aromatic heterocycles. The standard InChI is InChI=1S/C17H18N4O3S/c1-3-8-23-13-7-6-12(10-15(13)22-2)11-18-21-16(19-20-17(21)25)14-5-4-9-24-14/h4-7,9-11H,3,8H2,1-2H3,(H,20,25)/b18-11-. The Balaban J connectivity index is 1.88. The van der Waals surface area contributed by atoms with Crippen molar-refractivity contribution in [3.63, 3.8) is 0 Å². The van der Waals surface area contributed by atoms with Gasteiger partial charge in [-0.3, -0.25) is 0 Å². The van der Waals surface area contributed by atoms with Crippen LogP contribution < -0.4 is 9.47 Å². The molecule has 0 aliphatic rings. The molecule has 7 nitrogen and oxygen atoms in total. The van der Waals surface area contributed by atoms with Crippen molar-refractivity contribution in [1.82, 2.24) is 14.9 Å². The molecule has 0 aliphatic heterocycles. The lowest BCUT2D eigenvalue weighted by Crippen LogP contribution is -1.99. The molecule has 25 heavy (non-hydrogen) atoms. The van der Waals surface area contributed by atoms with E-state index in [9.17, 15) is 0 Å². The van der Waals surface area contributed by atoms with Crippen LogP contribution in [0.2, 0.25) is 0 Å². The third-order valence-corrected chi connectivity index (χ3v) is 3.63. The molecule has 3 rings (SSSR count). The Morgan fingerprint density at radius 3 is 2.96 bits per heavy atom. The lowest BCUT2D eigenvalue weighted by molar-refractivity contribution is 0.294. The average Bonchev–Trinajstić information content (AvgIpc) is 3.28. The van der Waals surface area contributed by atoms with E-state index in [1.165, 1.54) is 4.68 Å². The van der Waals surface area contributed by atoms with E-state index in [-0.39, 0.29) is 0 Å². The highest BCUT2D eigenvalue weighted by molar-refractivity contribution is 7.71. The zero-order valence-electron chi connectivity index (χ0n) is 13.9. The number of aromatic amines is 1. The van der Waals surface area contributed by atoms with Crippen LogP contribution in [-0.2, 0) is 0 Å². The predicted octanol–water partition coefficient (Wildman–Crippen LogP) is 3.88. The quantitative estimate of drug-likeness (QED) is 0.512. The first kappa shape index (κ1) is 17.0. The maximum Gasteiger partial charge on any atom is 0.219 e. The van der Waals surface area contributed by atoms with Crippen molar-refractivity contribution in [2.45, 2.75) is 13.3 Å². The summed E-state index contributed by atoms with van der Waals surface area (Å²) in [6.07, 6.45) is 4.17. The lowest BCUT2D eigenvalue weighted by atomic mass is 10.2. The van der Waals surface area contributed by atoms with E-state index < -0.39 is 0 Å². The van der Waals surface area contributed by atoms with Crippen molar-refractivity contribution in [2.24, 2.45) is 5.10 Å². The second-order valence-corrected chi connectivity index (χ2v) is 5.53. The zero-order chi connectivity index (χ0) is 17.6. The fraction of sp³-hybridized carbons (Fsp3) is 0.235. The van der Waals surface area contributed by atoms with Crippen LogP contribution in [0, 0.1) is 4.77 Å². The molecule has 0 spiro atoms. The molecule has 0 atom stereocenters. The van der Waals surface area contributed by atoms with Gasteiger partial charge in [0.1, 0.15) is 0 Å². The molecule has 0 unspecified atom stereocenters. The van der Waals surface area contributed by atoms with Gasteiger partial charge in [0.05, 0.1) is 26.2 Å². The van der Waals surface area contributed by atoms with Gasteiger partial charge in [-0.2, -0.15) is 9.78 Å². The van der Waals surface area contributed by atoms with Gasteiger partial charge in [-0.25, -0.2) is 5.10 Å². The van der Waals surface area contributed by atoms with E-state index in [0.29, 0.717) is 34.5 Å². The van der Waals surface area contributed by atoms with Crippen LogP contribution in [-0.4, -0.2) is 34.8 Å². The number of nitrogens with zero attached hydrogens (tertiary/aromatic N) is 3. The highest BCUT2D eigenvalue weighted by Gasteiger charge is 2.10. The third-order valence-electron chi connectivity index (χ3n) is 3.36. The van der Waals surface area contributed by atoms with Crippen molar-refractivity contribution in [3.8, 4) is 23.1 Å². The van der Waals surface area contributed by atoms with Gasteiger partial charge in [0.25, 0.3) is 0 Å². The monoisotopic (exact) mass is 358 g/mol. The van der Waals surface area contributed by atoms with Gasteiger partial charge in [0.15, 0.2) is 17.3 Å². The number of methoxy groups -OCH3 is 1. The molecule has 3 aromatic rings. The van der Waals surface area contributed by atoms with E-state index in [1.807, 2.05) is 18.2 Å². The summed E-state index contributed by atoms with van der Waals surface area (Å²) in [6, 6.07) is 9.18. The highest BCUT2D eigenvalue weighted by Crippen LogP contribution is 2.27. The first-order chi connectivity index (χ1) is 12.2. The molecule has 0 saturated carbocycles. The summed E-state index contributed by atoms with van der Waals surface area (Å²) in [5.74, 6) is 2.43. The van der Waals surface area contributed by atoms with E-state index in [4.69, 9.17) is 26.1 Å². The van der Waals surface area contributed by atoms with Gasteiger partial charge in [-0.05, 0) is 54.5 Å². The van der Waals surface area contributed by atoms with Gasteiger partial charge in [-0.1, -0.05) is 6.92 Å². The molecule has 0 bridgehead atoms. The summed E-state index contributed by atoms with van der Waals surface area (Å²) in [6.45, 7) is 2.69. The molecule has 0 fully saturated rings. The van der Waals surface area contributed by atoms with Crippen molar-refractivity contribution < 1.29 is 13.9 Å². The molecule has 1 aromatic carbocycles. The molecule has 1 N–H and O–H groups in total. The van der Waals surface area contributed by atoms with Gasteiger partial charge >= 0.3 is 0 Å². The Kier molecular flexibility index (Phi) is 5.30. The smallest absolute Gasteiger partial charge is 0.219 e. The minimum atomic E-state index is 0.373. The summed E-state index contributed by atoms with van der Waals surface area (Å²) in [4.78, 5) is 0. The zero-order valence-corrected chi connectivity index (χ0v) is 14.7. The van der Waals surface area contributed by atoms with Crippen molar-refractivity contribution in [2.75, 3.05) is 13.7 Å². The number of ether oxygens (including phenoxy) is 2. The summed E-state index contributed by atoms with van der Waals surface area (Å²) in [5.41, 5.74) is 0.842. The Morgan fingerprint density at radius 1 is 1.36 bits per heavy atom. The second kappa shape index (κ2) is 7.80. The molecule has 130 valence electrons. The van der Waals surface area contributed by atoms with Crippen LogP contribution in [0.4, 0.5) is 0 Å². The van der Waals surface area contributed by atoms with E-state index in [2.05, 4.69) is 22.2 Å². The first-order valence-corrected chi connectivity index (χ1v) is 8.20.